The van der Waals surface area contributed by atoms with Gasteiger partial charge in [-0.3, -0.25) is 14.8 Å². The first-order valence-corrected chi connectivity index (χ1v) is 4.04. The Kier molecular flexibility index (Phi) is 3.02. The Morgan fingerprint density at radius 2 is 2.54 bits per heavy atom. The summed E-state index contributed by atoms with van der Waals surface area (Å²) in [4.78, 5) is 10.5. The van der Waals surface area contributed by atoms with Gasteiger partial charge < -0.3 is 5.11 Å². The summed E-state index contributed by atoms with van der Waals surface area (Å²) in [7, 11) is 1.82. The molecular weight excluding hydrogens is 170 g/mol. The summed E-state index contributed by atoms with van der Waals surface area (Å²) in [6.45, 7) is 2.13. The molecule has 1 atom stereocenters. The van der Waals surface area contributed by atoms with Crippen molar-refractivity contribution in [1.29, 1.82) is 0 Å². The minimum atomic E-state index is -0.845. The monoisotopic (exact) mass is 183 g/mol. The van der Waals surface area contributed by atoms with Crippen LogP contribution in [0, 0.1) is 0 Å². The first-order valence-electron chi connectivity index (χ1n) is 4.04. The molecule has 0 bridgehead atoms. The van der Waals surface area contributed by atoms with E-state index in [9.17, 15) is 4.79 Å². The molecule has 1 heterocycles. The van der Waals surface area contributed by atoms with Crippen LogP contribution in [0.2, 0.25) is 0 Å². The van der Waals surface area contributed by atoms with E-state index in [-0.39, 0.29) is 0 Å². The van der Waals surface area contributed by atoms with Gasteiger partial charge in [-0.15, -0.1) is 0 Å². The van der Waals surface area contributed by atoms with Crippen LogP contribution < -0.4 is 5.32 Å². The molecule has 0 saturated carbocycles. The Morgan fingerprint density at radius 1 is 1.85 bits per heavy atom. The van der Waals surface area contributed by atoms with Gasteiger partial charge in [-0.1, -0.05) is 0 Å². The second kappa shape index (κ2) is 4.04. The van der Waals surface area contributed by atoms with Crippen molar-refractivity contribution < 1.29 is 9.90 Å². The van der Waals surface area contributed by atoms with E-state index in [1.54, 1.807) is 17.8 Å². The molecule has 1 aromatic rings. The fourth-order valence-electron chi connectivity index (χ4n) is 0.920. The number of carboxylic acid groups (broad SMARTS) is 1. The van der Waals surface area contributed by atoms with Crippen molar-refractivity contribution in [3.8, 4) is 0 Å². The SMILES string of the molecule is CC(NCc1ccnn1C)C(=O)O. The third-order valence-electron chi connectivity index (χ3n) is 1.88. The van der Waals surface area contributed by atoms with E-state index < -0.39 is 12.0 Å². The Hall–Kier alpha value is -1.36. The number of nitrogens with zero attached hydrogens (tertiary/aromatic N) is 2. The fraction of sp³-hybridized carbons (Fsp3) is 0.500. The third-order valence-corrected chi connectivity index (χ3v) is 1.88. The summed E-state index contributed by atoms with van der Waals surface area (Å²) in [6.07, 6.45) is 1.68. The molecule has 0 aromatic carbocycles. The van der Waals surface area contributed by atoms with Gasteiger partial charge in [0, 0.05) is 19.8 Å². The van der Waals surface area contributed by atoms with E-state index in [1.807, 2.05) is 13.1 Å². The van der Waals surface area contributed by atoms with Crippen LogP contribution in [0.5, 0.6) is 0 Å². The predicted molar refractivity (Wildman–Crippen MR) is 47.1 cm³/mol. The highest BCUT2D eigenvalue weighted by Crippen LogP contribution is 1.95. The molecule has 13 heavy (non-hydrogen) atoms. The van der Waals surface area contributed by atoms with E-state index >= 15 is 0 Å². The van der Waals surface area contributed by atoms with Gasteiger partial charge >= 0.3 is 5.97 Å². The van der Waals surface area contributed by atoms with Crippen molar-refractivity contribution in [2.45, 2.75) is 19.5 Å². The van der Waals surface area contributed by atoms with Gasteiger partial charge in [0.2, 0.25) is 0 Å². The Labute approximate surface area is 76.4 Å². The van der Waals surface area contributed by atoms with Crippen LogP contribution in [0.15, 0.2) is 12.3 Å². The van der Waals surface area contributed by atoms with E-state index in [0.29, 0.717) is 6.54 Å². The fourth-order valence-corrected chi connectivity index (χ4v) is 0.920. The number of hydrogen-bond acceptors (Lipinski definition) is 3. The zero-order chi connectivity index (χ0) is 9.84. The van der Waals surface area contributed by atoms with Crippen molar-refractivity contribution in [3.63, 3.8) is 0 Å². The second-order valence-electron chi connectivity index (χ2n) is 2.89. The standard InChI is InChI=1S/C8H13N3O2/c1-6(8(12)13)9-5-7-3-4-10-11(7)2/h3-4,6,9H,5H2,1-2H3,(H,12,13). The van der Waals surface area contributed by atoms with Gasteiger partial charge in [-0.25, -0.2) is 0 Å². The lowest BCUT2D eigenvalue weighted by molar-refractivity contribution is -0.139. The Balaban J connectivity index is 2.44. The number of hydrogen-bond donors (Lipinski definition) is 2. The number of aryl methyl sites for hydroxylation is 1. The molecule has 1 aromatic heterocycles. The third kappa shape index (κ3) is 2.55. The molecule has 2 N–H and O–H groups in total. The first-order chi connectivity index (χ1) is 6.11. The van der Waals surface area contributed by atoms with Gasteiger partial charge in [0.1, 0.15) is 6.04 Å². The number of aliphatic carboxylic acids is 1. The topological polar surface area (TPSA) is 67.2 Å². The minimum absolute atomic E-state index is 0.518. The average Bonchev–Trinajstić information content (AvgIpc) is 2.47. The summed E-state index contributed by atoms with van der Waals surface area (Å²) < 4.78 is 1.71. The van der Waals surface area contributed by atoms with Gasteiger partial charge in [0.15, 0.2) is 0 Å². The Bertz CT molecular complexity index is 295. The maximum atomic E-state index is 10.5. The molecule has 0 aliphatic heterocycles. The molecule has 1 unspecified atom stereocenters. The predicted octanol–water partition coefficient (Wildman–Crippen LogP) is -0.0172. The zero-order valence-electron chi connectivity index (χ0n) is 7.69. The highest BCUT2D eigenvalue weighted by Gasteiger charge is 2.09. The highest BCUT2D eigenvalue weighted by molar-refractivity contribution is 5.72. The van der Waals surface area contributed by atoms with Gasteiger partial charge in [-0.2, -0.15) is 5.10 Å². The molecular formula is C8H13N3O2. The van der Waals surface area contributed by atoms with Crippen molar-refractivity contribution in [2.75, 3.05) is 0 Å². The van der Waals surface area contributed by atoms with Crippen LogP contribution in [0.25, 0.3) is 0 Å². The van der Waals surface area contributed by atoms with Crippen molar-refractivity contribution >= 4 is 5.97 Å². The molecule has 0 aliphatic rings. The van der Waals surface area contributed by atoms with Crippen molar-refractivity contribution in [2.24, 2.45) is 7.05 Å². The lowest BCUT2D eigenvalue weighted by Crippen LogP contribution is -2.33. The summed E-state index contributed by atoms with van der Waals surface area (Å²) in [5.41, 5.74) is 0.966. The van der Waals surface area contributed by atoms with Crippen LogP contribution >= 0.6 is 0 Å². The minimum Gasteiger partial charge on any atom is -0.480 e. The number of nitrogens with one attached hydrogen (secondary N) is 1. The van der Waals surface area contributed by atoms with Gasteiger partial charge in [0.05, 0.1) is 5.69 Å². The normalized spacial score (nSPS) is 12.8. The molecule has 0 radical (unpaired) electrons. The summed E-state index contributed by atoms with van der Waals surface area (Å²) >= 11 is 0. The average molecular weight is 183 g/mol. The molecule has 0 aliphatic carbocycles. The largest absolute Gasteiger partial charge is 0.480 e. The van der Waals surface area contributed by atoms with Crippen LogP contribution in [0.1, 0.15) is 12.6 Å². The smallest absolute Gasteiger partial charge is 0.320 e. The van der Waals surface area contributed by atoms with Crippen LogP contribution in [0.4, 0.5) is 0 Å². The van der Waals surface area contributed by atoms with Crippen molar-refractivity contribution in [3.05, 3.63) is 18.0 Å². The van der Waals surface area contributed by atoms with Gasteiger partial charge in [0.25, 0.3) is 0 Å². The van der Waals surface area contributed by atoms with E-state index in [4.69, 9.17) is 5.11 Å². The molecule has 0 spiro atoms. The summed E-state index contributed by atoms with van der Waals surface area (Å²) in [5.74, 6) is -0.845. The lowest BCUT2D eigenvalue weighted by atomic mass is 10.3. The van der Waals surface area contributed by atoms with E-state index in [2.05, 4.69) is 10.4 Å². The van der Waals surface area contributed by atoms with E-state index in [0.717, 1.165) is 5.69 Å². The quantitative estimate of drug-likeness (QED) is 0.688. The first kappa shape index (κ1) is 9.73. The Morgan fingerprint density at radius 3 is 3.00 bits per heavy atom. The van der Waals surface area contributed by atoms with Crippen molar-refractivity contribution in [1.82, 2.24) is 15.1 Å². The van der Waals surface area contributed by atoms with Crippen LogP contribution in [-0.4, -0.2) is 26.9 Å². The molecule has 1 rings (SSSR count). The number of carboxylic acids is 1. The van der Waals surface area contributed by atoms with E-state index in [1.165, 1.54) is 0 Å². The maximum absolute atomic E-state index is 10.5. The summed E-state index contributed by atoms with van der Waals surface area (Å²) in [6, 6.07) is 1.32. The van der Waals surface area contributed by atoms with Crippen LogP contribution in [0.3, 0.4) is 0 Å². The zero-order valence-corrected chi connectivity index (χ0v) is 7.69. The van der Waals surface area contributed by atoms with Crippen LogP contribution in [-0.2, 0) is 18.4 Å². The molecule has 0 amide bonds. The second-order valence-corrected chi connectivity index (χ2v) is 2.89. The number of carbonyl (C=O) groups is 1. The van der Waals surface area contributed by atoms with Gasteiger partial charge in [-0.05, 0) is 13.0 Å². The number of aromatic nitrogens is 2. The summed E-state index contributed by atoms with van der Waals surface area (Å²) in [5, 5.41) is 15.4. The molecule has 0 fully saturated rings. The molecule has 5 nitrogen and oxygen atoms in total. The molecule has 0 saturated heterocycles. The highest BCUT2D eigenvalue weighted by atomic mass is 16.4. The lowest BCUT2D eigenvalue weighted by Gasteiger charge is -2.08. The molecule has 5 heteroatoms. The molecule has 72 valence electrons. The number of rotatable bonds is 4. The maximum Gasteiger partial charge on any atom is 0.320 e.